The Balaban J connectivity index is 1.23. The van der Waals surface area contributed by atoms with E-state index in [1.807, 2.05) is 30.3 Å². The molecule has 6 rings (SSSR count). The zero-order valence-corrected chi connectivity index (χ0v) is 18.9. The van der Waals surface area contributed by atoms with Crippen LogP contribution in [-0.2, 0) is 11.3 Å². The minimum atomic E-state index is -0.621. The molecule has 2 aliphatic rings. The Morgan fingerprint density at radius 3 is 2.42 bits per heavy atom. The molecule has 0 spiro atoms. The fourth-order valence-electron chi connectivity index (χ4n) is 4.85. The van der Waals surface area contributed by atoms with Gasteiger partial charge in [-0.15, -0.1) is 0 Å². The lowest BCUT2D eigenvalue weighted by atomic mass is 9.83. The Bertz CT molecular complexity index is 1550. The van der Waals surface area contributed by atoms with E-state index in [0.29, 0.717) is 22.4 Å². The molecular formula is C28H20F2N4O2. The number of rotatable bonds is 5. The molecule has 178 valence electrons. The highest BCUT2D eigenvalue weighted by atomic mass is 19.1. The van der Waals surface area contributed by atoms with Crippen molar-refractivity contribution in [3.63, 3.8) is 0 Å². The van der Waals surface area contributed by atoms with Gasteiger partial charge in [-0.25, -0.2) is 8.78 Å². The Labute approximate surface area is 205 Å². The van der Waals surface area contributed by atoms with Crippen LogP contribution in [0.2, 0.25) is 0 Å². The van der Waals surface area contributed by atoms with Crippen molar-refractivity contribution >= 4 is 11.7 Å². The van der Waals surface area contributed by atoms with Crippen LogP contribution in [-0.4, -0.2) is 16.7 Å². The average molecular weight is 482 g/mol. The molecule has 3 aromatic carbocycles. The molecule has 0 unspecified atom stereocenters. The summed E-state index contributed by atoms with van der Waals surface area (Å²) in [5, 5.41) is 10.3. The maximum Gasteiger partial charge on any atom is 0.251 e. The zero-order valence-electron chi connectivity index (χ0n) is 18.9. The maximum absolute atomic E-state index is 14.4. The van der Waals surface area contributed by atoms with E-state index in [4.69, 9.17) is 15.9 Å². The van der Waals surface area contributed by atoms with E-state index in [1.54, 1.807) is 24.4 Å². The summed E-state index contributed by atoms with van der Waals surface area (Å²) < 4.78 is 34.0. The van der Waals surface area contributed by atoms with Crippen LogP contribution in [0.3, 0.4) is 0 Å². The minimum absolute atomic E-state index is 0.114. The van der Waals surface area contributed by atoms with Gasteiger partial charge in [-0.1, -0.05) is 24.3 Å². The molecule has 36 heavy (non-hydrogen) atoms. The lowest BCUT2D eigenvalue weighted by molar-refractivity contribution is 0.0857. The van der Waals surface area contributed by atoms with Crippen LogP contribution in [0.25, 0.3) is 11.1 Å². The number of amides is 1. The normalized spacial score (nSPS) is 16.9. The molecule has 0 saturated carbocycles. The third-order valence-electron chi connectivity index (χ3n) is 6.63. The summed E-state index contributed by atoms with van der Waals surface area (Å²) in [5.74, 6) is -1.59. The second-order valence-corrected chi connectivity index (χ2v) is 8.86. The molecule has 1 aromatic heterocycles. The van der Waals surface area contributed by atoms with Crippen molar-refractivity contribution in [2.75, 3.05) is 0 Å². The van der Waals surface area contributed by atoms with Crippen molar-refractivity contribution < 1.29 is 18.3 Å². The molecule has 2 aliphatic heterocycles. The summed E-state index contributed by atoms with van der Waals surface area (Å²) in [6, 6.07) is 18.1. The average Bonchev–Trinajstić information content (AvgIpc) is 3.44. The van der Waals surface area contributed by atoms with Crippen molar-refractivity contribution in [1.29, 1.82) is 5.41 Å². The van der Waals surface area contributed by atoms with Gasteiger partial charge in [0, 0.05) is 29.9 Å². The number of nitrogens with two attached hydrogens (primary N) is 1. The van der Waals surface area contributed by atoms with E-state index in [-0.39, 0.29) is 30.5 Å². The number of ether oxygens (including phenoxy) is 1. The van der Waals surface area contributed by atoms with Crippen LogP contribution in [0.1, 0.15) is 56.1 Å². The number of aromatic nitrogens is 1. The molecule has 2 atom stereocenters. The highest BCUT2D eigenvalue weighted by molar-refractivity contribution is 5.95. The number of carbonyl (C=O) groups is 1. The number of nitrogens with one attached hydrogen (secondary N) is 2. The maximum atomic E-state index is 14.4. The summed E-state index contributed by atoms with van der Waals surface area (Å²) in [7, 11) is 0. The van der Waals surface area contributed by atoms with E-state index >= 15 is 0 Å². The van der Waals surface area contributed by atoms with Gasteiger partial charge in [-0.3, -0.25) is 15.2 Å². The van der Waals surface area contributed by atoms with E-state index in [9.17, 15) is 13.6 Å². The number of benzene rings is 3. The zero-order chi connectivity index (χ0) is 25.0. The number of hydrogen-bond acceptors (Lipinski definition) is 4. The number of halogens is 2. The summed E-state index contributed by atoms with van der Waals surface area (Å²) >= 11 is 0. The Hall–Kier alpha value is -4.43. The van der Waals surface area contributed by atoms with Gasteiger partial charge in [0.15, 0.2) is 0 Å². The van der Waals surface area contributed by atoms with Crippen molar-refractivity contribution in [2.24, 2.45) is 5.73 Å². The first-order valence-electron chi connectivity index (χ1n) is 11.3. The van der Waals surface area contributed by atoms with Gasteiger partial charge in [0.1, 0.15) is 35.4 Å². The summed E-state index contributed by atoms with van der Waals surface area (Å²) in [6.07, 6.45) is 0.972. The predicted molar refractivity (Wildman–Crippen MR) is 129 cm³/mol. The second-order valence-electron chi connectivity index (χ2n) is 8.86. The van der Waals surface area contributed by atoms with E-state index in [0.717, 1.165) is 33.9 Å². The lowest BCUT2D eigenvalue weighted by Crippen LogP contribution is -2.23. The first-order chi connectivity index (χ1) is 17.4. The molecule has 0 radical (unpaired) electrons. The third-order valence-corrected chi connectivity index (χ3v) is 6.63. The Morgan fingerprint density at radius 2 is 1.69 bits per heavy atom. The molecule has 8 heteroatoms. The predicted octanol–water partition coefficient (Wildman–Crippen LogP) is 4.76. The van der Waals surface area contributed by atoms with Crippen molar-refractivity contribution in [3.8, 4) is 11.1 Å². The number of nitrogens with zero attached hydrogens (tertiary/aromatic N) is 1. The quantitative estimate of drug-likeness (QED) is 0.282. The van der Waals surface area contributed by atoms with Crippen LogP contribution in [0, 0.1) is 17.0 Å². The lowest BCUT2D eigenvalue weighted by Gasteiger charge is -2.18. The van der Waals surface area contributed by atoms with Crippen molar-refractivity contribution in [3.05, 3.63) is 124 Å². The topological polar surface area (TPSA) is 101 Å². The number of fused-ring (bicyclic) bond motifs is 8. The number of hydrogen-bond donors (Lipinski definition) is 3. The van der Waals surface area contributed by atoms with Crippen LogP contribution >= 0.6 is 0 Å². The molecule has 0 fully saturated rings. The largest absolute Gasteiger partial charge is 0.382 e. The molecule has 2 bridgehead atoms. The number of nitrogen functional groups attached to an aromatic ring is 1. The first kappa shape index (κ1) is 22.1. The summed E-state index contributed by atoms with van der Waals surface area (Å²) in [4.78, 5) is 17.0. The minimum Gasteiger partial charge on any atom is -0.382 e. The van der Waals surface area contributed by atoms with E-state index in [2.05, 4.69) is 10.3 Å². The van der Waals surface area contributed by atoms with Crippen LogP contribution in [0.15, 0.2) is 72.9 Å². The fraction of sp³-hybridized carbons (Fsp3) is 0.107. The highest BCUT2D eigenvalue weighted by Crippen LogP contribution is 2.54. The molecule has 1 amide bonds. The Kier molecular flexibility index (Phi) is 5.12. The molecule has 3 heterocycles. The molecule has 4 N–H and O–H groups in total. The van der Waals surface area contributed by atoms with Crippen molar-refractivity contribution in [2.45, 2.75) is 18.8 Å². The molecule has 4 aromatic rings. The molecule has 0 saturated heterocycles. The summed E-state index contributed by atoms with van der Waals surface area (Å²) in [6.45, 7) is 0.277. The monoisotopic (exact) mass is 482 g/mol. The van der Waals surface area contributed by atoms with Gasteiger partial charge >= 0.3 is 0 Å². The molecule has 0 aliphatic carbocycles. The van der Waals surface area contributed by atoms with Crippen molar-refractivity contribution in [1.82, 2.24) is 10.3 Å². The number of pyridine rings is 1. The van der Waals surface area contributed by atoms with Crippen LogP contribution in [0.4, 0.5) is 8.78 Å². The highest BCUT2D eigenvalue weighted by Gasteiger charge is 2.43. The molecule has 6 nitrogen and oxygen atoms in total. The van der Waals surface area contributed by atoms with E-state index < -0.39 is 11.6 Å². The Morgan fingerprint density at radius 1 is 0.944 bits per heavy atom. The standard InChI is InChI=1S/C28H20F2N4O2/c29-17-4-7-18(23(30)11-17)15-2-5-19-21(9-15)26-22-10-16(3-6-20(22)25(19)36-26)28(35)34-13-14-1-8-24(27(31)32)33-12-14/h1-12,25-26H,13H2,(H3,31,32)(H,34,35)/t25-,26+/m0/s1. The van der Waals surface area contributed by atoms with Gasteiger partial charge in [0.05, 0.1) is 0 Å². The number of amidine groups is 1. The second kappa shape index (κ2) is 8.35. The van der Waals surface area contributed by atoms with Gasteiger partial charge in [-0.2, -0.15) is 0 Å². The van der Waals surface area contributed by atoms with Gasteiger partial charge in [0.2, 0.25) is 0 Å². The van der Waals surface area contributed by atoms with Crippen LogP contribution < -0.4 is 11.1 Å². The van der Waals surface area contributed by atoms with Crippen LogP contribution in [0.5, 0.6) is 0 Å². The SMILES string of the molecule is N=C(N)c1ccc(CNC(=O)c2ccc3c(c2)[C@@H]2O[C@H]3c3ccc(-c4ccc(F)cc4F)cc32)cn1. The van der Waals surface area contributed by atoms with Gasteiger partial charge < -0.3 is 15.8 Å². The smallest absolute Gasteiger partial charge is 0.251 e. The summed E-state index contributed by atoms with van der Waals surface area (Å²) in [5.41, 5.74) is 11.9. The third kappa shape index (κ3) is 3.63. The molecular weight excluding hydrogens is 462 g/mol. The van der Waals surface area contributed by atoms with Gasteiger partial charge in [0.25, 0.3) is 5.91 Å². The number of carbonyl (C=O) groups excluding carboxylic acids is 1. The fourth-order valence-corrected chi connectivity index (χ4v) is 4.85. The van der Waals surface area contributed by atoms with Gasteiger partial charge in [-0.05, 0) is 69.8 Å². The first-order valence-corrected chi connectivity index (χ1v) is 11.3. The van der Waals surface area contributed by atoms with E-state index in [1.165, 1.54) is 12.1 Å².